The fourth-order valence-corrected chi connectivity index (χ4v) is 3.99. The Hall–Kier alpha value is -2.49. The van der Waals surface area contributed by atoms with Crippen molar-refractivity contribution >= 4 is 5.97 Å². The van der Waals surface area contributed by atoms with Crippen LogP contribution < -0.4 is 10.5 Å². The number of nitrogens with two attached hydrogens (primary N) is 1. The molecule has 0 radical (unpaired) electrons. The molecule has 2 atom stereocenters. The lowest BCUT2D eigenvalue weighted by Gasteiger charge is -2.44. The van der Waals surface area contributed by atoms with Gasteiger partial charge in [0.2, 0.25) is 11.8 Å². The van der Waals surface area contributed by atoms with Crippen LogP contribution in [-0.2, 0) is 14.9 Å². The smallest absolute Gasteiger partial charge is 0.310 e. The van der Waals surface area contributed by atoms with Gasteiger partial charge >= 0.3 is 5.97 Å². The van der Waals surface area contributed by atoms with Crippen LogP contribution in [-0.4, -0.2) is 22.8 Å². The summed E-state index contributed by atoms with van der Waals surface area (Å²) in [6.07, 6.45) is 3.12. The Morgan fingerprint density at radius 1 is 1.61 bits per heavy atom. The van der Waals surface area contributed by atoms with Crippen LogP contribution >= 0.6 is 0 Å². The Morgan fingerprint density at radius 3 is 3.09 bits per heavy atom. The van der Waals surface area contributed by atoms with Crippen molar-refractivity contribution in [2.75, 3.05) is 6.61 Å². The summed E-state index contributed by atoms with van der Waals surface area (Å²) < 4.78 is 10.8. The molecule has 122 valence electrons. The lowest BCUT2D eigenvalue weighted by atomic mass is 9.58. The largest absolute Gasteiger partial charge is 0.466 e. The number of aryl methyl sites for hydroxylation is 1. The minimum absolute atomic E-state index is 0.0303. The average Bonchev–Trinajstić information content (AvgIpc) is 2.89. The quantitative estimate of drug-likeness (QED) is 0.804. The molecule has 1 aliphatic carbocycles. The lowest BCUT2D eigenvalue weighted by molar-refractivity contribution is -0.151. The van der Waals surface area contributed by atoms with Gasteiger partial charge < -0.3 is 15.2 Å². The monoisotopic (exact) mass is 316 g/mol. The summed E-state index contributed by atoms with van der Waals surface area (Å²) in [5, 5.41) is 16.7. The zero-order valence-electron chi connectivity index (χ0n) is 13.3. The van der Waals surface area contributed by atoms with E-state index in [9.17, 15) is 10.1 Å². The molecule has 1 aliphatic heterocycles. The van der Waals surface area contributed by atoms with E-state index in [0.29, 0.717) is 30.9 Å². The van der Waals surface area contributed by atoms with E-state index < -0.39 is 11.3 Å². The summed E-state index contributed by atoms with van der Waals surface area (Å²) in [6, 6.07) is 2.18. The summed E-state index contributed by atoms with van der Waals surface area (Å²) in [6.45, 7) is 3.95. The minimum Gasteiger partial charge on any atom is -0.466 e. The van der Waals surface area contributed by atoms with Crippen LogP contribution in [0.5, 0.6) is 5.88 Å². The summed E-state index contributed by atoms with van der Waals surface area (Å²) in [4.78, 5) is 12.6. The summed E-state index contributed by atoms with van der Waals surface area (Å²) >= 11 is 0. The van der Waals surface area contributed by atoms with Crippen LogP contribution in [0.3, 0.4) is 0 Å². The van der Waals surface area contributed by atoms with Crippen molar-refractivity contribution in [3.63, 3.8) is 0 Å². The van der Waals surface area contributed by atoms with Gasteiger partial charge in [0.1, 0.15) is 11.6 Å². The number of carbonyl (C=O) groups excluding carboxylic acids is 1. The van der Waals surface area contributed by atoms with Crippen molar-refractivity contribution in [2.45, 2.75) is 44.9 Å². The van der Waals surface area contributed by atoms with E-state index in [0.717, 1.165) is 24.1 Å². The molecule has 7 heteroatoms. The first kappa shape index (κ1) is 15.4. The molecular formula is C16H20N4O3. The Labute approximate surface area is 134 Å². The second-order valence-corrected chi connectivity index (χ2v) is 6.00. The van der Waals surface area contributed by atoms with E-state index in [2.05, 4.69) is 16.3 Å². The van der Waals surface area contributed by atoms with Gasteiger partial charge in [0.25, 0.3) is 0 Å². The van der Waals surface area contributed by atoms with Gasteiger partial charge in [-0.15, -0.1) is 5.10 Å². The van der Waals surface area contributed by atoms with Crippen LogP contribution in [0.25, 0.3) is 0 Å². The van der Waals surface area contributed by atoms with Gasteiger partial charge in [0, 0.05) is 11.3 Å². The Kier molecular flexibility index (Phi) is 3.76. The molecule has 3 N–H and O–H groups in total. The summed E-state index contributed by atoms with van der Waals surface area (Å²) in [5.41, 5.74) is 7.04. The molecule has 7 nitrogen and oxygen atoms in total. The number of aromatic amines is 1. The topological polar surface area (TPSA) is 114 Å². The first-order valence-electron chi connectivity index (χ1n) is 7.86. The molecule has 2 aliphatic rings. The Morgan fingerprint density at radius 2 is 2.39 bits per heavy atom. The van der Waals surface area contributed by atoms with Gasteiger partial charge in [-0.25, -0.2) is 0 Å². The third kappa shape index (κ3) is 2.09. The van der Waals surface area contributed by atoms with Gasteiger partial charge in [0.05, 0.1) is 17.9 Å². The molecule has 1 spiro atoms. The van der Waals surface area contributed by atoms with Gasteiger partial charge in [0.15, 0.2) is 0 Å². The molecule has 0 unspecified atom stereocenters. The van der Waals surface area contributed by atoms with Gasteiger partial charge in [-0.1, -0.05) is 12.8 Å². The van der Waals surface area contributed by atoms with Crippen molar-refractivity contribution in [2.24, 2.45) is 11.7 Å². The predicted molar refractivity (Wildman–Crippen MR) is 81.0 cm³/mol. The summed E-state index contributed by atoms with van der Waals surface area (Å²) in [7, 11) is 0. The number of rotatable bonds is 2. The highest BCUT2D eigenvalue weighted by Crippen LogP contribution is 2.55. The molecule has 1 fully saturated rings. The van der Waals surface area contributed by atoms with Gasteiger partial charge in [-0.3, -0.25) is 9.89 Å². The zero-order chi connectivity index (χ0) is 16.6. The zero-order valence-corrected chi connectivity index (χ0v) is 13.3. The predicted octanol–water partition coefficient (Wildman–Crippen LogP) is 1.80. The number of H-pyrrole nitrogens is 1. The highest BCUT2D eigenvalue weighted by molar-refractivity contribution is 5.78. The minimum atomic E-state index is -0.812. The van der Waals surface area contributed by atoms with Crippen LogP contribution in [0.15, 0.2) is 11.5 Å². The molecule has 0 saturated heterocycles. The molecule has 1 aromatic heterocycles. The normalized spacial score (nSPS) is 26.4. The standard InChI is InChI=1S/C16H20N4O3/c1-3-22-15(21)10-6-4-5-7-16(10)11(8-17)13(18)23-14-12(16)9(2)19-20-14/h10H,3-7,18H2,1-2H3,(H,19,20)/t10-,16-/m1/s1. The first-order chi connectivity index (χ1) is 11.1. The van der Waals surface area contributed by atoms with Crippen LogP contribution in [0, 0.1) is 24.2 Å². The molecular weight excluding hydrogens is 296 g/mol. The number of fused-ring (bicyclic) bond motifs is 2. The Bertz CT molecular complexity index is 715. The molecule has 1 aromatic rings. The number of hydrogen-bond acceptors (Lipinski definition) is 6. The molecule has 2 heterocycles. The third-order valence-electron chi connectivity index (χ3n) is 4.85. The fraction of sp³-hybridized carbons (Fsp3) is 0.562. The van der Waals surface area contributed by atoms with E-state index in [1.54, 1.807) is 6.92 Å². The highest BCUT2D eigenvalue weighted by Gasteiger charge is 2.55. The van der Waals surface area contributed by atoms with E-state index in [1.807, 2.05) is 6.92 Å². The number of carbonyl (C=O) groups is 1. The molecule has 3 rings (SSSR count). The summed E-state index contributed by atoms with van der Waals surface area (Å²) in [5.74, 6) is -0.359. The van der Waals surface area contributed by atoms with Crippen LogP contribution in [0.4, 0.5) is 0 Å². The number of nitrogens with zero attached hydrogens (tertiary/aromatic N) is 2. The van der Waals surface area contributed by atoms with Crippen molar-refractivity contribution in [3.05, 3.63) is 22.7 Å². The number of nitrogens with one attached hydrogen (secondary N) is 1. The van der Waals surface area contributed by atoms with Crippen molar-refractivity contribution in [3.8, 4) is 11.9 Å². The second-order valence-electron chi connectivity index (χ2n) is 6.00. The maximum Gasteiger partial charge on any atom is 0.310 e. The maximum absolute atomic E-state index is 12.6. The molecule has 0 aromatic carbocycles. The number of nitriles is 1. The van der Waals surface area contributed by atoms with Crippen molar-refractivity contribution in [1.29, 1.82) is 5.26 Å². The number of allylic oxidation sites excluding steroid dienone is 1. The van der Waals surface area contributed by atoms with E-state index in [4.69, 9.17) is 15.2 Å². The van der Waals surface area contributed by atoms with E-state index in [-0.39, 0.29) is 11.9 Å². The lowest BCUT2D eigenvalue weighted by Crippen LogP contribution is -2.47. The maximum atomic E-state index is 12.6. The van der Waals surface area contributed by atoms with E-state index in [1.165, 1.54) is 0 Å². The molecule has 0 amide bonds. The molecule has 23 heavy (non-hydrogen) atoms. The number of hydrogen-bond donors (Lipinski definition) is 2. The van der Waals surface area contributed by atoms with Crippen molar-refractivity contribution < 1.29 is 14.3 Å². The Balaban J connectivity index is 2.24. The van der Waals surface area contributed by atoms with Crippen molar-refractivity contribution in [1.82, 2.24) is 10.2 Å². The number of esters is 1. The molecule has 1 saturated carbocycles. The SMILES string of the molecule is CCOC(=O)[C@H]1CCCC[C@]12C(C#N)=C(N)Oc1n[nH]c(C)c12. The third-order valence-corrected chi connectivity index (χ3v) is 4.85. The van der Waals surface area contributed by atoms with Gasteiger partial charge in [-0.05, 0) is 26.7 Å². The fourth-order valence-electron chi connectivity index (χ4n) is 3.99. The average molecular weight is 316 g/mol. The first-order valence-corrected chi connectivity index (χ1v) is 7.86. The molecule has 0 bridgehead atoms. The van der Waals surface area contributed by atoms with Crippen LogP contribution in [0.1, 0.15) is 43.9 Å². The van der Waals surface area contributed by atoms with Gasteiger partial charge in [-0.2, -0.15) is 5.26 Å². The second kappa shape index (κ2) is 5.61. The number of aromatic nitrogens is 2. The van der Waals surface area contributed by atoms with E-state index >= 15 is 0 Å². The number of ether oxygens (including phenoxy) is 2. The van der Waals surface area contributed by atoms with Crippen LogP contribution in [0.2, 0.25) is 0 Å². The highest BCUT2D eigenvalue weighted by atomic mass is 16.5.